The molecule has 0 aliphatic carbocycles. The number of nitrogens with zero attached hydrogens (tertiary/aromatic N) is 2. The Morgan fingerprint density at radius 2 is 0.676 bits per heavy atom. The maximum atomic E-state index is 13.7. The molecule has 0 saturated carbocycles. The van der Waals surface area contributed by atoms with E-state index in [1.165, 1.54) is 0 Å². The lowest BCUT2D eigenvalue weighted by Crippen LogP contribution is -2.22. The fourth-order valence-corrected chi connectivity index (χ4v) is 4.51. The Balaban J connectivity index is 1.46. The maximum Gasteiger partial charge on any atom is 0.338 e. The third-order valence-electron chi connectivity index (χ3n) is 6.21. The van der Waals surface area contributed by atoms with E-state index in [1.54, 1.807) is 9.13 Å². The van der Waals surface area contributed by atoms with Gasteiger partial charge in [0.1, 0.15) is 0 Å². The number of imidazole rings is 1. The number of fused-ring (bicyclic) bond motifs is 1. The zero-order valence-corrected chi connectivity index (χ0v) is 18.5. The number of para-hydroxylation sites is 2. The zero-order chi connectivity index (χ0) is 22.9. The Morgan fingerprint density at radius 1 is 0.353 bits per heavy atom. The summed E-state index contributed by atoms with van der Waals surface area (Å²) in [6.45, 7) is 0. The summed E-state index contributed by atoms with van der Waals surface area (Å²) in [4.78, 5) is 13.7. The van der Waals surface area contributed by atoms with Crippen LogP contribution in [0.5, 0.6) is 0 Å². The molecule has 0 atom stereocenters. The first kappa shape index (κ1) is 20.0. The molecule has 0 unspecified atom stereocenters. The van der Waals surface area contributed by atoms with Gasteiger partial charge in [-0.25, -0.2) is 4.79 Å². The van der Waals surface area contributed by atoms with Gasteiger partial charge in [0, 0.05) is 0 Å². The third-order valence-corrected chi connectivity index (χ3v) is 6.21. The van der Waals surface area contributed by atoms with E-state index in [0.717, 1.165) is 44.7 Å². The fourth-order valence-electron chi connectivity index (χ4n) is 4.51. The molecular weight excluding hydrogens is 416 g/mol. The Kier molecular flexibility index (Phi) is 4.93. The van der Waals surface area contributed by atoms with Crippen LogP contribution >= 0.6 is 0 Å². The van der Waals surface area contributed by atoms with Crippen molar-refractivity contribution < 1.29 is 0 Å². The molecule has 3 nitrogen and oxygen atoms in total. The number of aromatic nitrogens is 2. The van der Waals surface area contributed by atoms with E-state index >= 15 is 0 Å². The van der Waals surface area contributed by atoms with Gasteiger partial charge < -0.3 is 0 Å². The summed E-state index contributed by atoms with van der Waals surface area (Å²) in [6, 6.07) is 44.8. The Bertz CT molecular complexity index is 1500. The smallest absolute Gasteiger partial charge is 0.260 e. The van der Waals surface area contributed by atoms with Crippen LogP contribution in [0.25, 0.3) is 44.7 Å². The molecule has 0 saturated heterocycles. The highest BCUT2D eigenvalue weighted by molar-refractivity contribution is 5.80. The van der Waals surface area contributed by atoms with Gasteiger partial charge in [-0.15, -0.1) is 0 Å². The first-order valence-electron chi connectivity index (χ1n) is 11.3. The second-order valence-electron chi connectivity index (χ2n) is 8.27. The lowest BCUT2D eigenvalue weighted by atomic mass is 10.1. The van der Waals surface area contributed by atoms with Crippen molar-refractivity contribution >= 4 is 11.0 Å². The lowest BCUT2D eigenvalue weighted by Gasteiger charge is -2.07. The molecule has 34 heavy (non-hydrogen) atoms. The minimum atomic E-state index is -0.0823. The standard InChI is InChI=1S/C31H22N2O/c34-31-32(27-19-15-25(16-20-27)23-9-3-1-4-10-23)29-13-7-8-14-30(29)33(31)28-21-17-26(18-22-28)24-11-5-2-6-12-24/h1-22H. The summed E-state index contributed by atoms with van der Waals surface area (Å²) in [5, 5.41) is 0. The molecule has 0 fully saturated rings. The summed E-state index contributed by atoms with van der Waals surface area (Å²) in [6.07, 6.45) is 0. The Hall–Kier alpha value is -4.63. The van der Waals surface area contributed by atoms with Crippen molar-refractivity contribution in [2.45, 2.75) is 0 Å². The highest BCUT2D eigenvalue weighted by Gasteiger charge is 2.16. The van der Waals surface area contributed by atoms with Gasteiger partial charge in [-0.1, -0.05) is 97.1 Å². The first-order chi connectivity index (χ1) is 16.8. The van der Waals surface area contributed by atoms with E-state index in [9.17, 15) is 4.79 Å². The second kappa shape index (κ2) is 8.38. The molecule has 0 spiro atoms. The van der Waals surface area contributed by atoms with Crippen molar-refractivity contribution in [1.29, 1.82) is 0 Å². The van der Waals surface area contributed by atoms with Crippen molar-refractivity contribution in [2.24, 2.45) is 0 Å². The van der Waals surface area contributed by atoms with Crippen LogP contribution in [0.3, 0.4) is 0 Å². The molecule has 6 aromatic rings. The number of benzene rings is 5. The summed E-state index contributed by atoms with van der Waals surface area (Å²) in [7, 11) is 0. The lowest BCUT2D eigenvalue weighted by molar-refractivity contribution is 0.931. The van der Waals surface area contributed by atoms with Gasteiger partial charge in [0.15, 0.2) is 0 Å². The molecule has 0 radical (unpaired) electrons. The SMILES string of the molecule is O=c1n(-c2ccc(-c3ccccc3)cc2)c2ccccc2n1-c1ccc(-c2ccccc2)cc1. The second-order valence-corrected chi connectivity index (χ2v) is 8.27. The van der Waals surface area contributed by atoms with Crippen molar-refractivity contribution in [3.8, 4) is 33.6 Å². The van der Waals surface area contributed by atoms with Gasteiger partial charge in [-0.3, -0.25) is 9.13 Å². The summed E-state index contributed by atoms with van der Waals surface area (Å²) in [5.74, 6) is 0. The van der Waals surface area contributed by atoms with Crippen molar-refractivity contribution in [3.63, 3.8) is 0 Å². The molecule has 0 aliphatic heterocycles. The van der Waals surface area contributed by atoms with E-state index in [-0.39, 0.29) is 5.69 Å². The van der Waals surface area contributed by atoms with Gasteiger partial charge >= 0.3 is 5.69 Å². The molecule has 1 heterocycles. The summed E-state index contributed by atoms with van der Waals surface area (Å²) >= 11 is 0. The minimum absolute atomic E-state index is 0.0823. The normalized spacial score (nSPS) is 11.1. The van der Waals surface area contributed by atoms with Gasteiger partial charge in [0.2, 0.25) is 0 Å². The van der Waals surface area contributed by atoms with Crippen molar-refractivity contribution in [3.05, 3.63) is 144 Å². The molecule has 162 valence electrons. The molecule has 0 aliphatic rings. The quantitative estimate of drug-likeness (QED) is 0.288. The first-order valence-corrected chi connectivity index (χ1v) is 11.3. The molecule has 1 aromatic heterocycles. The van der Waals surface area contributed by atoms with Crippen molar-refractivity contribution in [1.82, 2.24) is 9.13 Å². The number of hydrogen-bond acceptors (Lipinski definition) is 1. The molecule has 0 bridgehead atoms. The minimum Gasteiger partial charge on any atom is -0.260 e. The van der Waals surface area contributed by atoms with E-state index in [2.05, 4.69) is 48.5 Å². The van der Waals surface area contributed by atoms with E-state index in [0.29, 0.717) is 0 Å². The number of hydrogen-bond donors (Lipinski definition) is 0. The predicted molar refractivity (Wildman–Crippen MR) is 140 cm³/mol. The maximum absolute atomic E-state index is 13.7. The van der Waals surface area contributed by atoms with Crippen LogP contribution < -0.4 is 5.69 Å². The monoisotopic (exact) mass is 438 g/mol. The molecule has 6 rings (SSSR count). The topological polar surface area (TPSA) is 26.9 Å². The highest BCUT2D eigenvalue weighted by atomic mass is 16.1. The van der Waals surface area contributed by atoms with Gasteiger partial charge in [-0.2, -0.15) is 0 Å². The molecule has 0 amide bonds. The highest BCUT2D eigenvalue weighted by Crippen LogP contribution is 2.25. The molecule has 0 N–H and O–H groups in total. The van der Waals surface area contributed by atoms with Crippen LogP contribution in [0.4, 0.5) is 0 Å². The third kappa shape index (κ3) is 3.44. The van der Waals surface area contributed by atoms with Crippen LogP contribution in [0.15, 0.2) is 138 Å². The Labute approximate surface area is 197 Å². The van der Waals surface area contributed by atoms with Gasteiger partial charge in [0.05, 0.1) is 22.4 Å². The predicted octanol–water partition coefficient (Wildman–Crippen LogP) is 7.12. The van der Waals surface area contributed by atoms with E-state index in [1.807, 2.05) is 84.9 Å². The Morgan fingerprint density at radius 3 is 1.06 bits per heavy atom. The average Bonchev–Trinajstić information content (AvgIpc) is 3.21. The van der Waals surface area contributed by atoms with E-state index < -0.39 is 0 Å². The molecule has 3 heteroatoms. The van der Waals surface area contributed by atoms with Crippen LogP contribution in [-0.4, -0.2) is 9.13 Å². The fraction of sp³-hybridized carbons (Fsp3) is 0. The molecular formula is C31H22N2O. The summed E-state index contributed by atoms with van der Waals surface area (Å²) < 4.78 is 3.57. The van der Waals surface area contributed by atoms with Crippen LogP contribution in [-0.2, 0) is 0 Å². The van der Waals surface area contributed by atoms with E-state index in [4.69, 9.17) is 0 Å². The molecule has 5 aromatic carbocycles. The summed E-state index contributed by atoms with van der Waals surface area (Å²) in [5.41, 5.74) is 7.93. The average molecular weight is 439 g/mol. The van der Waals surface area contributed by atoms with Crippen LogP contribution in [0, 0.1) is 0 Å². The zero-order valence-electron chi connectivity index (χ0n) is 18.5. The van der Waals surface area contributed by atoms with Crippen LogP contribution in [0.1, 0.15) is 0 Å². The van der Waals surface area contributed by atoms with Gasteiger partial charge in [-0.05, 0) is 58.7 Å². The van der Waals surface area contributed by atoms with Gasteiger partial charge in [0.25, 0.3) is 0 Å². The van der Waals surface area contributed by atoms with Crippen molar-refractivity contribution in [2.75, 3.05) is 0 Å². The largest absolute Gasteiger partial charge is 0.338 e. The number of rotatable bonds is 4. The van der Waals surface area contributed by atoms with Crippen LogP contribution in [0.2, 0.25) is 0 Å².